The summed E-state index contributed by atoms with van der Waals surface area (Å²) in [5, 5.41) is 6.48. The van der Waals surface area contributed by atoms with E-state index in [4.69, 9.17) is 0 Å². The van der Waals surface area contributed by atoms with Gasteiger partial charge in [-0.3, -0.25) is 9.48 Å². The van der Waals surface area contributed by atoms with E-state index in [2.05, 4.69) is 15.1 Å². The first-order valence-corrected chi connectivity index (χ1v) is 7.76. The molecule has 7 heteroatoms. The van der Waals surface area contributed by atoms with Gasteiger partial charge in [0.15, 0.2) is 0 Å². The van der Waals surface area contributed by atoms with Crippen LogP contribution in [0.5, 0.6) is 0 Å². The van der Waals surface area contributed by atoms with Gasteiger partial charge < -0.3 is 4.98 Å². The number of thiophene rings is 1. The predicted molar refractivity (Wildman–Crippen MR) is 87.8 cm³/mol. The van der Waals surface area contributed by atoms with Gasteiger partial charge in [-0.1, -0.05) is 12.1 Å². The topological polar surface area (TPSA) is 63.6 Å². The van der Waals surface area contributed by atoms with Crippen LogP contribution in [0.4, 0.5) is 4.39 Å². The van der Waals surface area contributed by atoms with Crippen molar-refractivity contribution < 1.29 is 4.39 Å². The number of hydrogen-bond acceptors (Lipinski definition) is 4. The Bertz CT molecular complexity index is 1060. The van der Waals surface area contributed by atoms with Crippen LogP contribution in [0.3, 0.4) is 0 Å². The normalized spacial score (nSPS) is 11.2. The summed E-state index contributed by atoms with van der Waals surface area (Å²) in [4.78, 5) is 20.5. The molecule has 0 saturated carbocycles. The highest BCUT2D eigenvalue weighted by molar-refractivity contribution is 7.17. The maximum Gasteiger partial charge on any atom is 0.260 e. The van der Waals surface area contributed by atoms with Crippen molar-refractivity contribution in [1.29, 1.82) is 0 Å². The van der Waals surface area contributed by atoms with E-state index in [1.54, 1.807) is 36.3 Å². The SMILES string of the molecule is Cn1cc(-c2nc3scc(-c4ccc(F)cc4)c3c(=O)[nH]2)cn1. The molecule has 0 atom stereocenters. The maximum absolute atomic E-state index is 13.1. The van der Waals surface area contributed by atoms with E-state index in [0.29, 0.717) is 16.0 Å². The molecular weight excluding hydrogens is 315 g/mol. The van der Waals surface area contributed by atoms with Gasteiger partial charge >= 0.3 is 0 Å². The number of fused-ring (bicyclic) bond motifs is 1. The molecule has 3 heterocycles. The number of aromatic amines is 1. The first kappa shape index (κ1) is 13.8. The summed E-state index contributed by atoms with van der Waals surface area (Å²) in [6.45, 7) is 0. The second kappa shape index (κ2) is 5.13. The standard InChI is InChI=1S/C16H11FN4OS/c1-21-7-10(6-18-21)14-19-15(22)13-12(8-23-16(13)20-14)9-2-4-11(17)5-3-9/h2-8H,1H3,(H,19,20,22). The molecule has 0 saturated heterocycles. The number of rotatable bonds is 2. The van der Waals surface area contributed by atoms with Gasteiger partial charge in [0.05, 0.1) is 17.1 Å². The molecule has 0 bridgehead atoms. The number of benzene rings is 1. The summed E-state index contributed by atoms with van der Waals surface area (Å²) < 4.78 is 14.7. The van der Waals surface area contributed by atoms with Gasteiger partial charge in [0.2, 0.25) is 0 Å². The molecule has 5 nitrogen and oxygen atoms in total. The van der Waals surface area contributed by atoms with Gasteiger partial charge in [-0.2, -0.15) is 5.10 Å². The van der Waals surface area contributed by atoms with Crippen molar-refractivity contribution in [1.82, 2.24) is 19.7 Å². The highest BCUT2D eigenvalue weighted by Crippen LogP contribution is 2.31. The lowest BCUT2D eigenvalue weighted by molar-refractivity contribution is 0.628. The number of aryl methyl sites for hydroxylation is 1. The predicted octanol–water partition coefficient (Wildman–Crippen LogP) is 3.19. The molecule has 1 N–H and O–H groups in total. The fraction of sp³-hybridized carbons (Fsp3) is 0.0625. The molecule has 0 unspecified atom stereocenters. The minimum Gasteiger partial charge on any atom is -0.306 e. The Morgan fingerprint density at radius 2 is 2.00 bits per heavy atom. The molecule has 0 aliphatic heterocycles. The molecule has 0 fully saturated rings. The van der Waals surface area contributed by atoms with Gasteiger partial charge in [0.25, 0.3) is 5.56 Å². The van der Waals surface area contributed by atoms with Crippen LogP contribution in [-0.4, -0.2) is 19.7 Å². The van der Waals surface area contributed by atoms with Crippen LogP contribution in [0.15, 0.2) is 46.8 Å². The summed E-state index contributed by atoms with van der Waals surface area (Å²) in [6.07, 6.45) is 3.44. The Labute approximate surface area is 134 Å². The fourth-order valence-corrected chi connectivity index (χ4v) is 3.42. The van der Waals surface area contributed by atoms with E-state index in [9.17, 15) is 9.18 Å². The minimum absolute atomic E-state index is 0.213. The Hall–Kier alpha value is -2.80. The van der Waals surface area contributed by atoms with Crippen molar-refractivity contribution in [2.45, 2.75) is 0 Å². The molecule has 114 valence electrons. The van der Waals surface area contributed by atoms with Gasteiger partial charge in [0, 0.05) is 24.2 Å². The summed E-state index contributed by atoms with van der Waals surface area (Å²) in [7, 11) is 1.80. The highest BCUT2D eigenvalue weighted by Gasteiger charge is 2.14. The molecular formula is C16H11FN4OS. The van der Waals surface area contributed by atoms with E-state index in [-0.39, 0.29) is 11.4 Å². The monoisotopic (exact) mass is 326 g/mol. The quantitative estimate of drug-likeness (QED) is 0.615. The smallest absolute Gasteiger partial charge is 0.260 e. The zero-order chi connectivity index (χ0) is 16.0. The fourth-order valence-electron chi connectivity index (χ4n) is 2.47. The van der Waals surface area contributed by atoms with Crippen LogP contribution in [0.1, 0.15) is 0 Å². The largest absolute Gasteiger partial charge is 0.306 e. The summed E-state index contributed by atoms with van der Waals surface area (Å²) >= 11 is 1.39. The maximum atomic E-state index is 13.1. The average Bonchev–Trinajstić information content (AvgIpc) is 3.14. The molecule has 23 heavy (non-hydrogen) atoms. The molecule has 3 aromatic heterocycles. The summed E-state index contributed by atoms with van der Waals surface area (Å²) in [5.41, 5.74) is 2.09. The lowest BCUT2D eigenvalue weighted by atomic mass is 10.1. The number of nitrogens with one attached hydrogen (secondary N) is 1. The van der Waals surface area contributed by atoms with E-state index in [1.807, 2.05) is 5.38 Å². The molecule has 0 amide bonds. The van der Waals surface area contributed by atoms with E-state index in [0.717, 1.165) is 16.7 Å². The van der Waals surface area contributed by atoms with Gasteiger partial charge in [-0.25, -0.2) is 9.37 Å². The van der Waals surface area contributed by atoms with Crippen LogP contribution < -0.4 is 5.56 Å². The zero-order valence-electron chi connectivity index (χ0n) is 12.1. The molecule has 4 aromatic rings. The second-order valence-electron chi connectivity index (χ2n) is 5.15. The van der Waals surface area contributed by atoms with Gasteiger partial charge in [-0.05, 0) is 17.7 Å². The lowest BCUT2D eigenvalue weighted by Gasteiger charge is -2.01. The van der Waals surface area contributed by atoms with Crippen LogP contribution in [0.2, 0.25) is 0 Å². The third-order valence-corrected chi connectivity index (χ3v) is 4.45. The lowest BCUT2D eigenvalue weighted by Crippen LogP contribution is -2.08. The van der Waals surface area contributed by atoms with Crippen molar-refractivity contribution >= 4 is 21.6 Å². The third-order valence-electron chi connectivity index (χ3n) is 3.58. The Morgan fingerprint density at radius 1 is 1.22 bits per heavy atom. The number of H-pyrrole nitrogens is 1. The summed E-state index contributed by atoms with van der Waals surface area (Å²) in [6, 6.07) is 6.07. The summed E-state index contributed by atoms with van der Waals surface area (Å²) in [5.74, 6) is 0.183. The molecule has 0 radical (unpaired) electrons. The molecule has 1 aromatic carbocycles. The number of nitrogens with zero attached hydrogens (tertiary/aromatic N) is 3. The Kier molecular flexibility index (Phi) is 3.09. The Balaban J connectivity index is 1.90. The van der Waals surface area contributed by atoms with E-state index >= 15 is 0 Å². The van der Waals surface area contributed by atoms with Crippen molar-refractivity contribution in [2.75, 3.05) is 0 Å². The van der Waals surface area contributed by atoms with Crippen molar-refractivity contribution in [3.8, 4) is 22.5 Å². The van der Waals surface area contributed by atoms with Crippen LogP contribution in [0, 0.1) is 5.82 Å². The first-order valence-electron chi connectivity index (χ1n) is 6.88. The second-order valence-corrected chi connectivity index (χ2v) is 6.01. The van der Waals surface area contributed by atoms with Crippen LogP contribution in [0.25, 0.3) is 32.7 Å². The van der Waals surface area contributed by atoms with Gasteiger partial charge in [-0.15, -0.1) is 11.3 Å². The molecule has 0 aliphatic carbocycles. The van der Waals surface area contributed by atoms with E-state index in [1.165, 1.54) is 23.5 Å². The van der Waals surface area contributed by atoms with Crippen LogP contribution >= 0.6 is 11.3 Å². The van der Waals surface area contributed by atoms with Crippen molar-refractivity contribution in [2.24, 2.45) is 7.05 Å². The number of hydrogen-bond donors (Lipinski definition) is 1. The molecule has 4 rings (SSSR count). The number of aromatic nitrogens is 4. The number of halogens is 1. The first-order chi connectivity index (χ1) is 11.1. The van der Waals surface area contributed by atoms with Gasteiger partial charge in [0.1, 0.15) is 16.5 Å². The van der Waals surface area contributed by atoms with E-state index < -0.39 is 0 Å². The van der Waals surface area contributed by atoms with Crippen molar-refractivity contribution in [3.05, 3.63) is 58.2 Å². The molecule has 0 aliphatic rings. The van der Waals surface area contributed by atoms with Crippen LogP contribution in [-0.2, 0) is 7.05 Å². The minimum atomic E-state index is -0.306. The average molecular weight is 326 g/mol. The zero-order valence-corrected chi connectivity index (χ0v) is 12.9. The van der Waals surface area contributed by atoms with Crippen molar-refractivity contribution in [3.63, 3.8) is 0 Å². The third kappa shape index (κ3) is 2.35. The highest BCUT2D eigenvalue weighted by atomic mass is 32.1. The Morgan fingerprint density at radius 3 is 2.70 bits per heavy atom. The molecule has 0 spiro atoms.